The van der Waals surface area contributed by atoms with Gasteiger partial charge in [0.05, 0.1) is 12.0 Å². The summed E-state index contributed by atoms with van der Waals surface area (Å²) >= 11 is 0. The van der Waals surface area contributed by atoms with Crippen molar-refractivity contribution in [2.45, 2.75) is 19.0 Å². The average molecular weight is 139 g/mol. The molecule has 0 aromatic carbocycles. The highest BCUT2D eigenvalue weighted by molar-refractivity contribution is 5.05. The first-order valence-electron chi connectivity index (χ1n) is 3.83. The van der Waals surface area contributed by atoms with Crippen molar-refractivity contribution in [3.63, 3.8) is 0 Å². The van der Waals surface area contributed by atoms with E-state index in [1.807, 2.05) is 6.08 Å². The van der Waals surface area contributed by atoms with E-state index >= 15 is 0 Å². The van der Waals surface area contributed by atoms with Gasteiger partial charge in [-0.3, -0.25) is 5.32 Å². The summed E-state index contributed by atoms with van der Waals surface area (Å²) in [6, 6.07) is 0. The first-order valence-corrected chi connectivity index (χ1v) is 3.83. The highest BCUT2D eigenvalue weighted by Gasteiger charge is 2.26. The molecule has 2 heterocycles. The van der Waals surface area contributed by atoms with Crippen LogP contribution in [0.25, 0.3) is 0 Å². The summed E-state index contributed by atoms with van der Waals surface area (Å²) in [7, 11) is 0. The van der Waals surface area contributed by atoms with Crippen LogP contribution in [0.1, 0.15) is 12.8 Å². The van der Waals surface area contributed by atoms with Gasteiger partial charge < -0.3 is 10.6 Å². The van der Waals surface area contributed by atoms with E-state index in [-0.39, 0.29) is 0 Å². The standard InChI is InChI=1S/C7H13N3/c8-6-3-4-9-7-2-1-5-10(6)7/h3,7,9H,1-2,4-5,8H2. The first-order chi connectivity index (χ1) is 4.88. The van der Waals surface area contributed by atoms with E-state index in [1.54, 1.807) is 0 Å². The Hall–Kier alpha value is -0.700. The molecule has 0 bridgehead atoms. The molecule has 0 aliphatic carbocycles. The fourth-order valence-corrected chi connectivity index (χ4v) is 1.70. The van der Waals surface area contributed by atoms with Crippen LogP contribution < -0.4 is 11.1 Å². The molecule has 56 valence electrons. The van der Waals surface area contributed by atoms with E-state index in [9.17, 15) is 0 Å². The number of rotatable bonds is 0. The van der Waals surface area contributed by atoms with Crippen LogP contribution in [-0.2, 0) is 0 Å². The van der Waals surface area contributed by atoms with E-state index in [4.69, 9.17) is 5.73 Å². The highest BCUT2D eigenvalue weighted by Crippen LogP contribution is 2.19. The zero-order valence-electron chi connectivity index (χ0n) is 6.01. The van der Waals surface area contributed by atoms with Crippen LogP contribution in [0.2, 0.25) is 0 Å². The molecule has 0 radical (unpaired) electrons. The third-order valence-electron chi connectivity index (χ3n) is 2.25. The Balaban J connectivity index is 2.16. The van der Waals surface area contributed by atoms with Crippen LogP contribution >= 0.6 is 0 Å². The minimum Gasteiger partial charge on any atom is -0.386 e. The lowest BCUT2D eigenvalue weighted by Crippen LogP contribution is -2.46. The second kappa shape index (κ2) is 2.16. The fourth-order valence-electron chi connectivity index (χ4n) is 1.70. The number of fused-ring (bicyclic) bond motifs is 1. The summed E-state index contributed by atoms with van der Waals surface area (Å²) in [4.78, 5) is 2.24. The Morgan fingerprint density at radius 3 is 3.40 bits per heavy atom. The number of hydrogen-bond acceptors (Lipinski definition) is 3. The van der Waals surface area contributed by atoms with E-state index < -0.39 is 0 Å². The third-order valence-corrected chi connectivity index (χ3v) is 2.25. The van der Waals surface area contributed by atoms with Gasteiger partial charge >= 0.3 is 0 Å². The lowest BCUT2D eigenvalue weighted by Gasteiger charge is -2.30. The van der Waals surface area contributed by atoms with Crippen LogP contribution in [0.15, 0.2) is 11.9 Å². The second-order valence-electron chi connectivity index (χ2n) is 2.89. The van der Waals surface area contributed by atoms with E-state index in [0.717, 1.165) is 18.9 Å². The maximum Gasteiger partial charge on any atom is 0.0970 e. The summed E-state index contributed by atoms with van der Waals surface area (Å²) in [6.45, 7) is 2.06. The smallest absolute Gasteiger partial charge is 0.0970 e. The number of nitrogens with zero attached hydrogens (tertiary/aromatic N) is 1. The monoisotopic (exact) mass is 139 g/mol. The van der Waals surface area contributed by atoms with Crippen LogP contribution in [0.5, 0.6) is 0 Å². The number of hydrogen-bond donors (Lipinski definition) is 2. The summed E-state index contributed by atoms with van der Waals surface area (Å²) in [6.07, 6.45) is 5.09. The minimum absolute atomic E-state index is 0.532. The maximum absolute atomic E-state index is 5.77. The molecule has 2 rings (SSSR count). The van der Waals surface area contributed by atoms with Crippen LogP contribution in [0.4, 0.5) is 0 Å². The highest BCUT2D eigenvalue weighted by atomic mass is 15.3. The SMILES string of the molecule is NC1=CCNC2CCCN12. The quantitative estimate of drug-likeness (QED) is 0.489. The molecule has 1 unspecified atom stereocenters. The van der Waals surface area contributed by atoms with E-state index in [0.29, 0.717) is 6.17 Å². The number of nitrogens with one attached hydrogen (secondary N) is 1. The third kappa shape index (κ3) is 0.778. The molecule has 3 N–H and O–H groups in total. The topological polar surface area (TPSA) is 41.3 Å². The lowest BCUT2D eigenvalue weighted by atomic mass is 10.3. The molecular formula is C7H13N3. The molecule has 0 aromatic rings. The molecule has 1 saturated heterocycles. The molecule has 2 aliphatic rings. The van der Waals surface area contributed by atoms with Crippen molar-refractivity contribution in [1.29, 1.82) is 0 Å². The van der Waals surface area contributed by atoms with Crippen molar-refractivity contribution in [3.05, 3.63) is 11.9 Å². The van der Waals surface area contributed by atoms with Crippen molar-refractivity contribution in [2.75, 3.05) is 13.1 Å². The summed E-state index contributed by atoms with van der Waals surface area (Å²) in [5.41, 5.74) is 5.77. The van der Waals surface area contributed by atoms with Gasteiger partial charge in [0.1, 0.15) is 0 Å². The van der Waals surface area contributed by atoms with Crippen molar-refractivity contribution in [3.8, 4) is 0 Å². The van der Waals surface area contributed by atoms with Gasteiger partial charge in [-0.2, -0.15) is 0 Å². The Kier molecular flexibility index (Phi) is 1.31. The first kappa shape index (κ1) is 6.04. The zero-order valence-corrected chi connectivity index (χ0v) is 6.01. The van der Waals surface area contributed by atoms with Gasteiger partial charge in [-0.05, 0) is 18.9 Å². The summed E-state index contributed by atoms with van der Waals surface area (Å²) in [5, 5.41) is 3.38. The van der Waals surface area contributed by atoms with Crippen LogP contribution in [0.3, 0.4) is 0 Å². The van der Waals surface area contributed by atoms with Crippen LogP contribution in [0, 0.1) is 0 Å². The van der Waals surface area contributed by atoms with Crippen molar-refractivity contribution >= 4 is 0 Å². The summed E-state index contributed by atoms with van der Waals surface area (Å²) < 4.78 is 0. The van der Waals surface area contributed by atoms with Gasteiger partial charge in [0, 0.05) is 13.1 Å². The normalized spacial score (nSPS) is 31.8. The second-order valence-corrected chi connectivity index (χ2v) is 2.89. The predicted molar refractivity (Wildman–Crippen MR) is 40.0 cm³/mol. The van der Waals surface area contributed by atoms with Gasteiger partial charge in [0.15, 0.2) is 0 Å². The molecule has 2 aliphatic heterocycles. The van der Waals surface area contributed by atoms with Crippen molar-refractivity contribution in [2.24, 2.45) is 5.73 Å². The molecule has 1 atom stereocenters. The molecule has 1 fully saturated rings. The molecule has 3 nitrogen and oxygen atoms in total. The molecule has 0 aromatic heterocycles. The zero-order chi connectivity index (χ0) is 6.97. The fraction of sp³-hybridized carbons (Fsp3) is 0.714. The maximum atomic E-state index is 5.77. The van der Waals surface area contributed by atoms with Gasteiger partial charge in [0.25, 0.3) is 0 Å². The van der Waals surface area contributed by atoms with Gasteiger partial charge in [0.2, 0.25) is 0 Å². The average Bonchev–Trinajstić information content (AvgIpc) is 2.36. The summed E-state index contributed by atoms with van der Waals surface area (Å²) in [5.74, 6) is 0.959. The van der Waals surface area contributed by atoms with E-state index in [2.05, 4.69) is 10.2 Å². The number of nitrogens with two attached hydrogens (primary N) is 1. The predicted octanol–water partition coefficient (Wildman–Crippen LogP) is -0.188. The van der Waals surface area contributed by atoms with Gasteiger partial charge in [-0.15, -0.1) is 0 Å². The molecule has 0 spiro atoms. The lowest BCUT2D eigenvalue weighted by molar-refractivity contribution is 0.260. The molecule has 0 amide bonds. The van der Waals surface area contributed by atoms with Gasteiger partial charge in [-0.1, -0.05) is 0 Å². The van der Waals surface area contributed by atoms with Crippen molar-refractivity contribution < 1.29 is 0 Å². The Morgan fingerprint density at radius 2 is 2.60 bits per heavy atom. The Morgan fingerprint density at radius 1 is 1.70 bits per heavy atom. The van der Waals surface area contributed by atoms with Crippen molar-refractivity contribution in [1.82, 2.24) is 10.2 Å². The van der Waals surface area contributed by atoms with E-state index in [1.165, 1.54) is 12.8 Å². The molecule has 10 heavy (non-hydrogen) atoms. The van der Waals surface area contributed by atoms with Gasteiger partial charge in [-0.25, -0.2) is 0 Å². The molecule has 3 heteroatoms. The molecule has 0 saturated carbocycles. The molecular weight excluding hydrogens is 126 g/mol. The Bertz CT molecular complexity index is 164. The minimum atomic E-state index is 0.532. The largest absolute Gasteiger partial charge is 0.386 e. The Labute approximate surface area is 60.9 Å². The van der Waals surface area contributed by atoms with Crippen LogP contribution in [-0.4, -0.2) is 24.2 Å².